The highest BCUT2D eigenvalue weighted by Gasteiger charge is 2.21. The van der Waals surface area contributed by atoms with Crippen LogP contribution < -0.4 is 10.0 Å². The molecule has 8 heteroatoms. The van der Waals surface area contributed by atoms with Crippen molar-refractivity contribution in [3.63, 3.8) is 0 Å². The van der Waals surface area contributed by atoms with Gasteiger partial charge in [-0.2, -0.15) is 0 Å². The Morgan fingerprint density at radius 1 is 1.33 bits per heavy atom. The second-order valence-corrected chi connectivity index (χ2v) is 8.61. The fourth-order valence-corrected chi connectivity index (χ4v) is 4.06. The monoisotopic (exact) mass is 345 g/mol. The number of H-pyrrole nitrogens is 1. The maximum absolute atomic E-state index is 12.2. The Kier molecular flexibility index (Phi) is 4.37. The highest BCUT2D eigenvalue weighted by Crippen LogP contribution is 2.22. The maximum Gasteiger partial charge on any atom is 0.242 e. The molecule has 1 aliphatic rings. The lowest BCUT2D eigenvalue weighted by atomic mass is 10.4. The van der Waals surface area contributed by atoms with Crippen molar-refractivity contribution < 1.29 is 8.42 Å². The van der Waals surface area contributed by atoms with Crippen LogP contribution in [-0.2, 0) is 23.1 Å². The summed E-state index contributed by atoms with van der Waals surface area (Å²) in [6.45, 7) is 0.918. The maximum atomic E-state index is 12.2. The lowest BCUT2D eigenvalue weighted by Gasteiger charge is -2.03. The Labute approximate surface area is 132 Å². The SMILES string of the molecule is O=S(=O)(NCc1ccc(Cl)s1)c1c[nH]c(CNC2CC2)c1. The van der Waals surface area contributed by atoms with E-state index in [2.05, 4.69) is 15.0 Å². The molecule has 0 unspecified atom stereocenters. The van der Waals surface area contributed by atoms with Gasteiger partial charge in [0.25, 0.3) is 0 Å². The van der Waals surface area contributed by atoms with Crippen LogP contribution >= 0.6 is 22.9 Å². The molecule has 0 radical (unpaired) electrons. The number of sulfonamides is 1. The molecular formula is C13H16ClN3O2S2. The Hall–Kier alpha value is -0.860. The van der Waals surface area contributed by atoms with E-state index in [9.17, 15) is 8.42 Å². The smallest absolute Gasteiger partial charge is 0.242 e. The highest BCUT2D eigenvalue weighted by molar-refractivity contribution is 7.89. The highest BCUT2D eigenvalue weighted by atomic mass is 35.5. The van der Waals surface area contributed by atoms with E-state index in [1.807, 2.05) is 6.07 Å². The third kappa shape index (κ3) is 4.08. The zero-order valence-electron chi connectivity index (χ0n) is 11.2. The molecule has 3 N–H and O–H groups in total. The second kappa shape index (κ2) is 6.10. The molecule has 0 spiro atoms. The van der Waals surface area contributed by atoms with Gasteiger partial charge < -0.3 is 10.3 Å². The lowest BCUT2D eigenvalue weighted by molar-refractivity contribution is 0.582. The quantitative estimate of drug-likeness (QED) is 0.721. The molecule has 5 nitrogen and oxygen atoms in total. The third-order valence-corrected chi connectivity index (χ3v) is 5.86. The first-order valence-corrected chi connectivity index (χ1v) is 9.35. The summed E-state index contributed by atoms with van der Waals surface area (Å²) in [5, 5.41) is 3.34. The summed E-state index contributed by atoms with van der Waals surface area (Å²) in [4.78, 5) is 4.14. The van der Waals surface area contributed by atoms with Crippen LogP contribution in [0, 0.1) is 0 Å². The Balaban J connectivity index is 1.60. The molecule has 21 heavy (non-hydrogen) atoms. The first kappa shape index (κ1) is 15.1. The molecule has 0 atom stereocenters. The summed E-state index contributed by atoms with van der Waals surface area (Å²) in [6, 6.07) is 5.83. The fraction of sp³-hybridized carbons (Fsp3) is 0.385. The number of aromatic amines is 1. The summed E-state index contributed by atoms with van der Waals surface area (Å²) in [5.74, 6) is 0. The van der Waals surface area contributed by atoms with Crippen LogP contribution in [0.5, 0.6) is 0 Å². The molecular weight excluding hydrogens is 330 g/mol. The van der Waals surface area contributed by atoms with Crippen LogP contribution in [0.3, 0.4) is 0 Å². The van der Waals surface area contributed by atoms with Gasteiger partial charge in [0.05, 0.1) is 9.23 Å². The minimum Gasteiger partial charge on any atom is -0.363 e. The molecule has 114 valence electrons. The third-order valence-electron chi connectivity index (χ3n) is 3.25. The number of nitrogens with one attached hydrogen (secondary N) is 3. The normalized spacial score (nSPS) is 15.5. The van der Waals surface area contributed by atoms with Crippen molar-refractivity contribution in [1.29, 1.82) is 0 Å². The first-order chi connectivity index (χ1) is 10.0. The standard InChI is InChI=1S/C13H16ClN3O2S2/c14-13-4-3-11(20-13)7-17-21(18,19)12-5-10(16-8-12)6-15-9-1-2-9/h3-5,8-9,15-17H,1-2,6-7H2. The van der Waals surface area contributed by atoms with Gasteiger partial charge in [0.2, 0.25) is 10.0 Å². The average molecular weight is 346 g/mol. The van der Waals surface area contributed by atoms with Crippen LogP contribution in [0.2, 0.25) is 4.34 Å². The van der Waals surface area contributed by atoms with Gasteiger partial charge in [-0.15, -0.1) is 11.3 Å². The summed E-state index contributed by atoms with van der Waals surface area (Å²) < 4.78 is 27.6. The van der Waals surface area contributed by atoms with Crippen molar-refractivity contribution in [2.24, 2.45) is 0 Å². The summed E-state index contributed by atoms with van der Waals surface area (Å²) in [5.41, 5.74) is 0.876. The summed E-state index contributed by atoms with van der Waals surface area (Å²) in [6.07, 6.45) is 3.93. The molecule has 2 aromatic heterocycles. The molecule has 1 saturated carbocycles. The molecule has 0 aliphatic heterocycles. The molecule has 0 saturated heterocycles. The topological polar surface area (TPSA) is 74.0 Å². The van der Waals surface area contributed by atoms with Crippen LogP contribution in [0.25, 0.3) is 0 Å². The van der Waals surface area contributed by atoms with Crippen LogP contribution in [0.1, 0.15) is 23.4 Å². The largest absolute Gasteiger partial charge is 0.363 e. The van der Waals surface area contributed by atoms with Gasteiger partial charge in [-0.25, -0.2) is 13.1 Å². The van der Waals surface area contributed by atoms with Crippen molar-refractivity contribution in [1.82, 2.24) is 15.0 Å². The molecule has 2 aromatic rings. The van der Waals surface area contributed by atoms with Gasteiger partial charge in [0.15, 0.2) is 0 Å². The van der Waals surface area contributed by atoms with E-state index in [0.717, 1.165) is 10.6 Å². The molecule has 2 heterocycles. The van der Waals surface area contributed by atoms with E-state index in [1.54, 1.807) is 12.1 Å². The zero-order valence-corrected chi connectivity index (χ0v) is 13.6. The number of hydrogen-bond donors (Lipinski definition) is 3. The lowest BCUT2D eigenvalue weighted by Crippen LogP contribution is -2.22. The van der Waals surface area contributed by atoms with E-state index in [0.29, 0.717) is 16.9 Å². The van der Waals surface area contributed by atoms with Crippen molar-refractivity contribution in [3.05, 3.63) is 39.3 Å². The Morgan fingerprint density at radius 2 is 2.14 bits per heavy atom. The molecule has 0 aromatic carbocycles. The van der Waals surface area contributed by atoms with E-state index in [1.165, 1.54) is 30.4 Å². The molecule has 3 rings (SSSR count). The van der Waals surface area contributed by atoms with Gasteiger partial charge in [0.1, 0.15) is 0 Å². The minimum atomic E-state index is -3.50. The van der Waals surface area contributed by atoms with E-state index in [4.69, 9.17) is 11.6 Å². The fourth-order valence-electron chi connectivity index (χ4n) is 1.91. The summed E-state index contributed by atoms with van der Waals surface area (Å²) >= 11 is 7.19. The number of thiophene rings is 1. The van der Waals surface area contributed by atoms with Crippen LogP contribution in [-0.4, -0.2) is 19.4 Å². The van der Waals surface area contributed by atoms with Crippen molar-refractivity contribution in [2.75, 3.05) is 0 Å². The second-order valence-electron chi connectivity index (χ2n) is 5.05. The Bertz CT molecular complexity index is 719. The van der Waals surface area contributed by atoms with Gasteiger partial charge in [0, 0.05) is 35.9 Å². The minimum absolute atomic E-state index is 0.251. The van der Waals surface area contributed by atoms with E-state index >= 15 is 0 Å². The molecule has 0 bridgehead atoms. The van der Waals surface area contributed by atoms with Gasteiger partial charge in [-0.3, -0.25) is 0 Å². The predicted octanol–water partition coefficient (Wildman–Crippen LogP) is 2.46. The van der Waals surface area contributed by atoms with Crippen molar-refractivity contribution in [3.8, 4) is 0 Å². The molecule has 1 fully saturated rings. The number of halogens is 1. The van der Waals surface area contributed by atoms with Crippen LogP contribution in [0.15, 0.2) is 29.3 Å². The number of aromatic nitrogens is 1. The van der Waals surface area contributed by atoms with E-state index < -0.39 is 10.0 Å². The van der Waals surface area contributed by atoms with Crippen molar-refractivity contribution in [2.45, 2.75) is 36.9 Å². The number of rotatable bonds is 7. The molecule has 0 amide bonds. The predicted molar refractivity (Wildman–Crippen MR) is 84.0 cm³/mol. The summed E-state index contributed by atoms with van der Waals surface area (Å²) in [7, 11) is -3.50. The van der Waals surface area contributed by atoms with E-state index in [-0.39, 0.29) is 11.4 Å². The van der Waals surface area contributed by atoms with Gasteiger partial charge in [-0.1, -0.05) is 11.6 Å². The van der Waals surface area contributed by atoms with Crippen LogP contribution in [0.4, 0.5) is 0 Å². The van der Waals surface area contributed by atoms with Crippen molar-refractivity contribution >= 4 is 33.0 Å². The van der Waals surface area contributed by atoms with Gasteiger partial charge >= 0.3 is 0 Å². The first-order valence-electron chi connectivity index (χ1n) is 6.67. The Morgan fingerprint density at radius 3 is 2.81 bits per heavy atom. The number of hydrogen-bond acceptors (Lipinski definition) is 4. The molecule has 1 aliphatic carbocycles. The average Bonchev–Trinajstić information content (AvgIpc) is 2.97. The zero-order chi connectivity index (χ0) is 14.9. The van der Waals surface area contributed by atoms with Gasteiger partial charge in [-0.05, 0) is 31.0 Å².